The van der Waals surface area contributed by atoms with Crippen LogP contribution in [-0.4, -0.2) is 51.1 Å². The fraction of sp³-hybridized carbons (Fsp3) is 0.900. The maximum atomic E-state index is 11.7. The number of nitrogens with zero attached hydrogens (tertiary/aromatic N) is 1. The molecule has 1 rings (SSSR count). The fourth-order valence-electron chi connectivity index (χ4n) is 1.69. The number of nitrogens with one attached hydrogen (secondary N) is 2. The molecule has 0 aromatic heterocycles. The van der Waals surface area contributed by atoms with Crippen LogP contribution in [0.3, 0.4) is 0 Å². The molecule has 0 aliphatic carbocycles. The third-order valence-electron chi connectivity index (χ3n) is 2.71. The van der Waals surface area contributed by atoms with E-state index in [1.165, 1.54) is 0 Å². The third kappa shape index (κ3) is 3.27. The van der Waals surface area contributed by atoms with Gasteiger partial charge >= 0.3 is 0 Å². The van der Waals surface area contributed by atoms with Gasteiger partial charge in [0.25, 0.3) is 0 Å². The normalized spacial score (nSPS) is 26.9. The fourth-order valence-corrected chi connectivity index (χ4v) is 1.69. The summed E-state index contributed by atoms with van der Waals surface area (Å²) in [5.74, 6) is 0.830. The molecule has 1 fully saturated rings. The molecule has 0 bridgehead atoms. The molecule has 1 amide bonds. The van der Waals surface area contributed by atoms with Crippen molar-refractivity contribution in [3.63, 3.8) is 0 Å². The molecule has 1 aliphatic rings. The van der Waals surface area contributed by atoms with Crippen molar-refractivity contribution in [3.8, 4) is 0 Å². The molecule has 0 saturated carbocycles. The van der Waals surface area contributed by atoms with Crippen molar-refractivity contribution < 1.29 is 4.79 Å². The van der Waals surface area contributed by atoms with Crippen molar-refractivity contribution in [1.29, 1.82) is 0 Å². The van der Waals surface area contributed by atoms with Crippen LogP contribution in [0.5, 0.6) is 0 Å². The Bertz CT molecular complexity index is 194. The minimum atomic E-state index is 0.164. The van der Waals surface area contributed by atoms with E-state index in [0.29, 0.717) is 5.92 Å². The van der Waals surface area contributed by atoms with Crippen molar-refractivity contribution >= 4 is 5.91 Å². The summed E-state index contributed by atoms with van der Waals surface area (Å²) in [4.78, 5) is 13.7. The molecule has 0 unspecified atom stereocenters. The Morgan fingerprint density at radius 2 is 2.21 bits per heavy atom. The summed E-state index contributed by atoms with van der Waals surface area (Å²) >= 11 is 0. The Hall–Kier alpha value is -0.610. The van der Waals surface area contributed by atoms with Gasteiger partial charge in [0.2, 0.25) is 5.91 Å². The SMILES string of the molecule is C[C@@H]1CNC[C@H]1C(=O)NCCN(C)C. The van der Waals surface area contributed by atoms with E-state index in [0.717, 1.165) is 26.2 Å². The lowest BCUT2D eigenvalue weighted by atomic mass is 9.97. The molecule has 1 aliphatic heterocycles. The van der Waals surface area contributed by atoms with E-state index in [4.69, 9.17) is 0 Å². The first-order chi connectivity index (χ1) is 6.61. The van der Waals surface area contributed by atoms with Crippen LogP contribution in [0.4, 0.5) is 0 Å². The zero-order valence-corrected chi connectivity index (χ0v) is 9.34. The number of carbonyl (C=O) groups excluding carboxylic acids is 1. The molecule has 0 aromatic carbocycles. The Morgan fingerprint density at radius 3 is 2.71 bits per heavy atom. The van der Waals surface area contributed by atoms with E-state index >= 15 is 0 Å². The van der Waals surface area contributed by atoms with Gasteiger partial charge in [-0.3, -0.25) is 4.79 Å². The minimum absolute atomic E-state index is 0.164. The maximum absolute atomic E-state index is 11.7. The predicted octanol–water partition coefficient (Wildman–Crippen LogP) is -0.480. The van der Waals surface area contributed by atoms with Crippen LogP contribution in [0.15, 0.2) is 0 Å². The van der Waals surface area contributed by atoms with Crippen molar-refractivity contribution in [1.82, 2.24) is 15.5 Å². The van der Waals surface area contributed by atoms with Crippen LogP contribution in [-0.2, 0) is 4.79 Å². The maximum Gasteiger partial charge on any atom is 0.224 e. The average molecular weight is 199 g/mol. The molecule has 4 nitrogen and oxygen atoms in total. The first kappa shape index (κ1) is 11.5. The molecular weight excluding hydrogens is 178 g/mol. The Labute approximate surface area is 86.0 Å². The number of likely N-dealkylation sites (N-methyl/N-ethyl adjacent to an activating group) is 1. The van der Waals surface area contributed by atoms with Gasteiger partial charge in [-0.05, 0) is 26.6 Å². The van der Waals surface area contributed by atoms with Crippen molar-refractivity contribution in [2.45, 2.75) is 6.92 Å². The van der Waals surface area contributed by atoms with Crippen LogP contribution in [0, 0.1) is 11.8 Å². The van der Waals surface area contributed by atoms with Gasteiger partial charge in [0.05, 0.1) is 5.92 Å². The lowest BCUT2D eigenvalue weighted by molar-refractivity contribution is -0.125. The molecule has 0 spiro atoms. The molecule has 1 heterocycles. The van der Waals surface area contributed by atoms with Crippen LogP contribution in [0.2, 0.25) is 0 Å². The summed E-state index contributed by atoms with van der Waals surface area (Å²) in [6.45, 7) is 5.56. The Morgan fingerprint density at radius 1 is 1.50 bits per heavy atom. The predicted molar refractivity (Wildman–Crippen MR) is 57.1 cm³/mol. The smallest absolute Gasteiger partial charge is 0.224 e. The summed E-state index contributed by atoms with van der Waals surface area (Å²) in [7, 11) is 4.01. The van der Waals surface area contributed by atoms with Gasteiger partial charge < -0.3 is 15.5 Å². The Balaban J connectivity index is 2.21. The second-order valence-electron chi connectivity index (χ2n) is 4.34. The monoisotopic (exact) mass is 199 g/mol. The lowest BCUT2D eigenvalue weighted by Crippen LogP contribution is -2.37. The highest BCUT2D eigenvalue weighted by Crippen LogP contribution is 2.15. The molecule has 0 radical (unpaired) electrons. The second kappa shape index (κ2) is 5.32. The van der Waals surface area contributed by atoms with E-state index in [1.54, 1.807) is 0 Å². The quantitative estimate of drug-likeness (QED) is 0.643. The molecule has 4 heteroatoms. The van der Waals surface area contributed by atoms with Crippen molar-refractivity contribution in [3.05, 3.63) is 0 Å². The number of rotatable bonds is 4. The van der Waals surface area contributed by atoms with Crippen molar-refractivity contribution in [2.24, 2.45) is 11.8 Å². The van der Waals surface area contributed by atoms with Crippen LogP contribution < -0.4 is 10.6 Å². The second-order valence-corrected chi connectivity index (χ2v) is 4.34. The first-order valence-corrected chi connectivity index (χ1v) is 5.24. The molecule has 1 saturated heterocycles. The highest BCUT2D eigenvalue weighted by Gasteiger charge is 2.28. The number of carbonyl (C=O) groups is 1. The van der Waals surface area contributed by atoms with E-state index in [1.807, 2.05) is 14.1 Å². The minimum Gasteiger partial charge on any atom is -0.355 e. The van der Waals surface area contributed by atoms with Gasteiger partial charge in [-0.1, -0.05) is 6.92 Å². The van der Waals surface area contributed by atoms with Gasteiger partial charge in [0.15, 0.2) is 0 Å². The van der Waals surface area contributed by atoms with Crippen LogP contribution >= 0.6 is 0 Å². The van der Waals surface area contributed by atoms with E-state index in [9.17, 15) is 4.79 Å². The van der Waals surface area contributed by atoms with Gasteiger partial charge in [0, 0.05) is 19.6 Å². The number of amides is 1. The molecule has 82 valence electrons. The number of hydrogen-bond donors (Lipinski definition) is 2. The van der Waals surface area contributed by atoms with Gasteiger partial charge in [0.1, 0.15) is 0 Å². The first-order valence-electron chi connectivity index (χ1n) is 5.24. The zero-order chi connectivity index (χ0) is 10.6. The summed E-state index contributed by atoms with van der Waals surface area (Å²) in [6, 6.07) is 0. The molecular formula is C10H21N3O. The molecule has 2 atom stereocenters. The molecule has 14 heavy (non-hydrogen) atoms. The van der Waals surface area contributed by atoms with Crippen LogP contribution in [0.1, 0.15) is 6.92 Å². The summed E-state index contributed by atoms with van der Waals surface area (Å²) in [6.07, 6.45) is 0. The van der Waals surface area contributed by atoms with E-state index in [2.05, 4.69) is 22.5 Å². The third-order valence-corrected chi connectivity index (χ3v) is 2.71. The summed E-state index contributed by atoms with van der Waals surface area (Å²) in [5, 5.41) is 6.20. The topological polar surface area (TPSA) is 44.4 Å². The lowest BCUT2D eigenvalue weighted by Gasteiger charge is -2.15. The Kier molecular flexibility index (Phi) is 4.35. The highest BCUT2D eigenvalue weighted by molar-refractivity contribution is 5.79. The van der Waals surface area contributed by atoms with Gasteiger partial charge in [-0.25, -0.2) is 0 Å². The zero-order valence-electron chi connectivity index (χ0n) is 9.34. The summed E-state index contributed by atoms with van der Waals surface area (Å²) < 4.78 is 0. The van der Waals surface area contributed by atoms with Gasteiger partial charge in [-0.2, -0.15) is 0 Å². The average Bonchev–Trinajstić information content (AvgIpc) is 2.50. The highest BCUT2D eigenvalue weighted by atomic mass is 16.1. The standard InChI is InChI=1S/C10H21N3O/c1-8-6-11-7-9(8)10(14)12-4-5-13(2)3/h8-9,11H,4-7H2,1-3H3,(H,12,14)/t8-,9-/m1/s1. The van der Waals surface area contributed by atoms with Crippen LogP contribution in [0.25, 0.3) is 0 Å². The van der Waals surface area contributed by atoms with Crippen molar-refractivity contribution in [2.75, 3.05) is 40.3 Å². The summed E-state index contributed by atoms with van der Waals surface area (Å²) in [5.41, 5.74) is 0. The van der Waals surface area contributed by atoms with E-state index in [-0.39, 0.29) is 11.8 Å². The molecule has 2 N–H and O–H groups in total. The molecule has 0 aromatic rings. The largest absolute Gasteiger partial charge is 0.355 e. The van der Waals surface area contributed by atoms with Gasteiger partial charge in [-0.15, -0.1) is 0 Å². The van der Waals surface area contributed by atoms with E-state index < -0.39 is 0 Å². The number of hydrogen-bond acceptors (Lipinski definition) is 3.